The highest BCUT2D eigenvalue weighted by atomic mass is 35.5. The second-order valence-corrected chi connectivity index (χ2v) is 6.89. The average molecular weight is 215 g/mol. The fourth-order valence-electron chi connectivity index (χ4n) is 0.627. The third-order valence-electron chi connectivity index (χ3n) is 1.54. The van der Waals surface area contributed by atoms with Crippen molar-refractivity contribution >= 4 is 21.4 Å². The van der Waals surface area contributed by atoms with Crippen LogP contribution < -0.4 is 0 Å². The van der Waals surface area contributed by atoms with Gasteiger partial charge in [-0.15, -0.1) is 11.6 Å². The molecule has 74 valence electrons. The number of aliphatic hydroxyl groups excluding tert-OH is 1. The first-order chi connectivity index (χ1) is 5.07. The summed E-state index contributed by atoms with van der Waals surface area (Å²) in [6.07, 6.45) is -0.0335. The molecule has 0 aromatic rings. The second kappa shape index (κ2) is 3.52. The molecule has 0 bridgehead atoms. The van der Waals surface area contributed by atoms with Crippen molar-refractivity contribution < 1.29 is 13.5 Å². The summed E-state index contributed by atoms with van der Waals surface area (Å²) in [7, 11) is -3.37. The average Bonchev–Trinajstić information content (AvgIpc) is 1.80. The van der Waals surface area contributed by atoms with Crippen molar-refractivity contribution in [2.24, 2.45) is 5.41 Å². The number of sulfone groups is 1. The van der Waals surface area contributed by atoms with Gasteiger partial charge in [0, 0.05) is 6.26 Å². The summed E-state index contributed by atoms with van der Waals surface area (Å²) in [5, 5.41) is 9.48. The van der Waals surface area contributed by atoms with E-state index in [0.717, 1.165) is 6.26 Å². The number of alkyl halides is 1. The van der Waals surface area contributed by atoms with Crippen LogP contribution in [0.2, 0.25) is 0 Å². The Morgan fingerprint density at radius 2 is 1.67 bits per heavy atom. The fraction of sp³-hybridized carbons (Fsp3) is 1.00. The minimum atomic E-state index is -3.37. The molecule has 0 amide bonds. The van der Waals surface area contributed by atoms with Crippen molar-refractivity contribution in [3.05, 3.63) is 0 Å². The summed E-state index contributed by atoms with van der Waals surface area (Å²) in [5.74, 6) is 0. The molecule has 0 aliphatic rings. The van der Waals surface area contributed by atoms with Gasteiger partial charge in [0.05, 0.1) is 6.10 Å². The van der Waals surface area contributed by atoms with Gasteiger partial charge in [-0.2, -0.15) is 0 Å². The van der Waals surface area contributed by atoms with Gasteiger partial charge in [0.2, 0.25) is 0 Å². The molecule has 0 saturated carbocycles. The van der Waals surface area contributed by atoms with Crippen LogP contribution in [0.4, 0.5) is 0 Å². The SMILES string of the molecule is CC(C)(C)C(O)C(Cl)S(C)(=O)=O. The summed E-state index contributed by atoms with van der Waals surface area (Å²) >= 11 is 5.55. The molecule has 12 heavy (non-hydrogen) atoms. The van der Waals surface area contributed by atoms with Crippen molar-refractivity contribution in [1.82, 2.24) is 0 Å². The third-order valence-corrected chi connectivity index (χ3v) is 3.83. The second-order valence-electron chi connectivity index (χ2n) is 3.99. The molecule has 0 heterocycles. The van der Waals surface area contributed by atoms with Crippen LogP contribution in [0.25, 0.3) is 0 Å². The molecular weight excluding hydrogens is 200 g/mol. The van der Waals surface area contributed by atoms with Crippen molar-refractivity contribution in [1.29, 1.82) is 0 Å². The van der Waals surface area contributed by atoms with Gasteiger partial charge in [-0.05, 0) is 5.41 Å². The maximum absolute atomic E-state index is 10.9. The maximum Gasteiger partial charge on any atom is 0.166 e. The summed E-state index contributed by atoms with van der Waals surface area (Å²) in [4.78, 5) is 0. The van der Waals surface area contributed by atoms with E-state index in [2.05, 4.69) is 0 Å². The van der Waals surface area contributed by atoms with E-state index < -0.39 is 26.1 Å². The molecule has 2 atom stereocenters. The van der Waals surface area contributed by atoms with E-state index in [1.54, 1.807) is 20.8 Å². The number of hydrogen-bond donors (Lipinski definition) is 1. The third kappa shape index (κ3) is 3.29. The lowest BCUT2D eigenvalue weighted by molar-refractivity contribution is 0.0747. The van der Waals surface area contributed by atoms with Gasteiger partial charge in [-0.1, -0.05) is 20.8 Å². The minimum absolute atomic E-state index is 0.518. The molecule has 2 unspecified atom stereocenters. The van der Waals surface area contributed by atoms with Gasteiger partial charge in [0.25, 0.3) is 0 Å². The molecule has 0 aromatic heterocycles. The lowest BCUT2D eigenvalue weighted by atomic mass is 9.90. The summed E-state index contributed by atoms with van der Waals surface area (Å²) in [6, 6.07) is 0. The Morgan fingerprint density at radius 1 is 1.33 bits per heavy atom. The molecule has 0 aliphatic carbocycles. The molecule has 0 radical (unpaired) electrons. The standard InChI is InChI=1S/C7H15ClO3S/c1-7(2,3)5(9)6(8)12(4,10)11/h5-6,9H,1-4H3. The molecule has 0 rings (SSSR count). The van der Waals surface area contributed by atoms with Crippen LogP contribution in [0.1, 0.15) is 20.8 Å². The fourth-order valence-corrected chi connectivity index (χ4v) is 1.88. The van der Waals surface area contributed by atoms with Gasteiger partial charge >= 0.3 is 0 Å². The van der Waals surface area contributed by atoms with E-state index in [-0.39, 0.29) is 0 Å². The first-order valence-electron chi connectivity index (χ1n) is 3.58. The number of aliphatic hydroxyl groups is 1. The molecule has 0 aromatic carbocycles. The monoisotopic (exact) mass is 214 g/mol. The first kappa shape index (κ1) is 12.2. The topological polar surface area (TPSA) is 54.4 Å². The number of rotatable bonds is 2. The Morgan fingerprint density at radius 3 is 1.75 bits per heavy atom. The Hall–Kier alpha value is 0.200. The van der Waals surface area contributed by atoms with E-state index in [1.165, 1.54) is 0 Å². The Bertz CT molecular complexity index is 240. The highest BCUT2D eigenvalue weighted by molar-refractivity contribution is 7.92. The van der Waals surface area contributed by atoms with Crippen molar-refractivity contribution in [2.75, 3.05) is 6.26 Å². The van der Waals surface area contributed by atoms with E-state index in [1.807, 2.05) is 0 Å². The zero-order chi connectivity index (χ0) is 10.2. The van der Waals surface area contributed by atoms with Crippen molar-refractivity contribution in [2.45, 2.75) is 31.6 Å². The Labute approximate surface area is 78.7 Å². The van der Waals surface area contributed by atoms with E-state index in [0.29, 0.717) is 0 Å². The molecule has 3 nitrogen and oxygen atoms in total. The molecule has 0 saturated heterocycles. The highest BCUT2D eigenvalue weighted by Gasteiger charge is 2.35. The molecule has 0 spiro atoms. The van der Waals surface area contributed by atoms with Crippen molar-refractivity contribution in [3.8, 4) is 0 Å². The van der Waals surface area contributed by atoms with Crippen LogP contribution in [0.5, 0.6) is 0 Å². The Balaban J connectivity index is 4.64. The maximum atomic E-state index is 10.9. The largest absolute Gasteiger partial charge is 0.390 e. The zero-order valence-electron chi connectivity index (χ0n) is 7.70. The predicted molar refractivity (Wildman–Crippen MR) is 49.9 cm³/mol. The van der Waals surface area contributed by atoms with E-state index in [4.69, 9.17) is 11.6 Å². The molecule has 0 aliphatic heterocycles. The summed E-state index contributed by atoms with van der Waals surface area (Å²) in [6.45, 7) is 5.20. The van der Waals surface area contributed by atoms with Crippen LogP contribution in [-0.4, -0.2) is 30.6 Å². The summed E-state index contributed by atoms with van der Waals surface area (Å²) in [5.41, 5.74) is -0.518. The molecule has 1 N–H and O–H groups in total. The van der Waals surface area contributed by atoms with Crippen LogP contribution in [0, 0.1) is 5.41 Å². The first-order valence-corrected chi connectivity index (χ1v) is 5.97. The van der Waals surface area contributed by atoms with Gasteiger partial charge in [0.1, 0.15) is 0 Å². The van der Waals surface area contributed by atoms with Gasteiger partial charge in [-0.3, -0.25) is 0 Å². The lowest BCUT2D eigenvalue weighted by Crippen LogP contribution is -2.38. The molecule has 0 fully saturated rings. The van der Waals surface area contributed by atoms with E-state index >= 15 is 0 Å². The normalized spacial score (nSPS) is 18.8. The smallest absolute Gasteiger partial charge is 0.166 e. The van der Waals surface area contributed by atoms with Crippen molar-refractivity contribution in [3.63, 3.8) is 0 Å². The predicted octanol–water partition coefficient (Wildman–Crippen LogP) is 1.00. The Kier molecular flexibility index (Phi) is 3.58. The number of halogens is 1. The molecule has 5 heteroatoms. The van der Waals surface area contributed by atoms with Crippen LogP contribution in [-0.2, 0) is 9.84 Å². The van der Waals surface area contributed by atoms with Crippen LogP contribution in [0.3, 0.4) is 0 Å². The lowest BCUT2D eigenvalue weighted by Gasteiger charge is -2.28. The van der Waals surface area contributed by atoms with Crippen LogP contribution >= 0.6 is 11.6 Å². The summed E-state index contributed by atoms with van der Waals surface area (Å²) < 4.78 is 20.6. The van der Waals surface area contributed by atoms with Crippen LogP contribution in [0.15, 0.2) is 0 Å². The number of hydrogen-bond acceptors (Lipinski definition) is 3. The molecular formula is C7H15ClO3S. The minimum Gasteiger partial charge on any atom is -0.390 e. The van der Waals surface area contributed by atoms with E-state index in [9.17, 15) is 13.5 Å². The quantitative estimate of drug-likeness (QED) is 0.698. The van der Waals surface area contributed by atoms with Gasteiger partial charge in [-0.25, -0.2) is 8.42 Å². The highest BCUT2D eigenvalue weighted by Crippen LogP contribution is 2.26. The van der Waals surface area contributed by atoms with Gasteiger partial charge < -0.3 is 5.11 Å². The zero-order valence-corrected chi connectivity index (χ0v) is 9.28. The van der Waals surface area contributed by atoms with Gasteiger partial charge in [0.15, 0.2) is 14.5 Å².